The number of carbonyl (C=O) groups is 2. The van der Waals surface area contributed by atoms with E-state index in [1.54, 1.807) is 18.3 Å². The first-order chi connectivity index (χ1) is 11.6. The van der Waals surface area contributed by atoms with Crippen LogP contribution in [-0.4, -0.2) is 21.1 Å². The second-order valence-electron chi connectivity index (χ2n) is 5.80. The minimum atomic E-state index is -0.250. The van der Waals surface area contributed by atoms with Crippen molar-refractivity contribution < 1.29 is 9.59 Å². The van der Waals surface area contributed by atoms with E-state index in [0.29, 0.717) is 17.8 Å². The van der Waals surface area contributed by atoms with Gasteiger partial charge < -0.3 is 4.57 Å². The molecule has 2 aromatic heterocycles. The van der Waals surface area contributed by atoms with Gasteiger partial charge in [-0.25, -0.2) is 0 Å². The smallest absolute Gasteiger partial charge is 0.188 e. The lowest BCUT2D eigenvalue weighted by Crippen LogP contribution is -2.10. The van der Waals surface area contributed by atoms with Gasteiger partial charge in [0.1, 0.15) is 5.69 Å². The predicted octanol–water partition coefficient (Wildman–Crippen LogP) is 3.70. The average molecular weight is 318 g/mol. The molecule has 0 amide bonds. The second kappa shape index (κ2) is 7.04. The summed E-state index contributed by atoms with van der Waals surface area (Å²) in [5.74, 6) is -0.433. The first kappa shape index (κ1) is 15.9. The van der Waals surface area contributed by atoms with Crippen LogP contribution in [0, 0.1) is 6.92 Å². The molecule has 1 aromatic carbocycles. The van der Waals surface area contributed by atoms with E-state index < -0.39 is 0 Å². The third kappa shape index (κ3) is 3.84. The van der Waals surface area contributed by atoms with Crippen LogP contribution in [0.1, 0.15) is 38.4 Å². The predicted molar refractivity (Wildman–Crippen MR) is 92.2 cm³/mol. The topological polar surface area (TPSA) is 52.0 Å². The highest BCUT2D eigenvalue weighted by Crippen LogP contribution is 2.12. The molecule has 0 saturated carbocycles. The Labute approximate surface area is 140 Å². The molecule has 0 spiro atoms. The van der Waals surface area contributed by atoms with Gasteiger partial charge in [0.05, 0.1) is 6.42 Å². The zero-order valence-corrected chi connectivity index (χ0v) is 13.5. The van der Waals surface area contributed by atoms with E-state index in [0.717, 1.165) is 11.1 Å². The van der Waals surface area contributed by atoms with Crippen molar-refractivity contribution in [3.05, 3.63) is 89.5 Å². The molecule has 0 aliphatic rings. The number of hydrogen-bond acceptors (Lipinski definition) is 3. The normalized spacial score (nSPS) is 10.5. The molecule has 0 aliphatic heterocycles. The van der Waals surface area contributed by atoms with Crippen molar-refractivity contribution in [1.29, 1.82) is 0 Å². The fourth-order valence-electron chi connectivity index (χ4n) is 2.56. The molecule has 4 heteroatoms. The van der Waals surface area contributed by atoms with E-state index in [1.165, 1.54) is 0 Å². The third-order valence-electron chi connectivity index (χ3n) is 3.80. The minimum Gasteiger partial charge on any atom is -0.350 e. The molecule has 0 fully saturated rings. The molecule has 120 valence electrons. The number of Topliss-reactive ketones (excluding diaryl/α,β-unsaturated/α-hetero) is 2. The van der Waals surface area contributed by atoms with Gasteiger partial charge in [-0.3, -0.25) is 14.6 Å². The Morgan fingerprint density at radius 3 is 2.54 bits per heavy atom. The Morgan fingerprint density at radius 1 is 1.00 bits per heavy atom. The molecule has 0 saturated heterocycles. The number of carbonyl (C=O) groups excluding carboxylic acids is 2. The zero-order chi connectivity index (χ0) is 16.9. The number of benzene rings is 1. The van der Waals surface area contributed by atoms with Gasteiger partial charge in [0.25, 0.3) is 0 Å². The summed E-state index contributed by atoms with van der Waals surface area (Å²) in [5, 5.41) is 0. The molecule has 0 aliphatic carbocycles. The number of hydrogen-bond donors (Lipinski definition) is 0. The van der Waals surface area contributed by atoms with Gasteiger partial charge in [-0.1, -0.05) is 18.2 Å². The number of ketones is 2. The fourth-order valence-corrected chi connectivity index (χ4v) is 2.56. The standard InChI is InChI=1S/C20H18N2O2/c1-15-7-8-21-18(11-15)20(24)13-19(23)17-6-4-5-16(12-17)14-22-9-2-3-10-22/h2-12H,13-14H2,1H3. The summed E-state index contributed by atoms with van der Waals surface area (Å²) in [4.78, 5) is 28.7. The van der Waals surface area contributed by atoms with E-state index in [-0.39, 0.29) is 18.0 Å². The molecule has 24 heavy (non-hydrogen) atoms. The molecule has 3 aromatic rings. The van der Waals surface area contributed by atoms with E-state index in [9.17, 15) is 9.59 Å². The van der Waals surface area contributed by atoms with E-state index in [4.69, 9.17) is 0 Å². The van der Waals surface area contributed by atoms with Crippen molar-refractivity contribution in [2.45, 2.75) is 19.9 Å². The van der Waals surface area contributed by atoms with Crippen LogP contribution in [0.15, 0.2) is 67.1 Å². The zero-order valence-electron chi connectivity index (χ0n) is 13.5. The number of rotatable bonds is 6. The highest BCUT2D eigenvalue weighted by Gasteiger charge is 2.15. The lowest BCUT2D eigenvalue weighted by molar-refractivity contribution is 0.0891. The largest absolute Gasteiger partial charge is 0.350 e. The molecule has 0 unspecified atom stereocenters. The summed E-state index contributed by atoms with van der Waals surface area (Å²) in [6.07, 6.45) is 5.37. The van der Waals surface area contributed by atoms with Crippen LogP contribution < -0.4 is 0 Å². The Hall–Kier alpha value is -3.01. The van der Waals surface area contributed by atoms with Crippen molar-refractivity contribution in [3.8, 4) is 0 Å². The Balaban J connectivity index is 1.72. The van der Waals surface area contributed by atoms with E-state index >= 15 is 0 Å². The third-order valence-corrected chi connectivity index (χ3v) is 3.80. The summed E-state index contributed by atoms with van der Waals surface area (Å²) in [5.41, 5.74) is 2.88. The molecule has 0 atom stereocenters. The Kier molecular flexibility index (Phi) is 4.66. The van der Waals surface area contributed by atoms with Gasteiger partial charge in [0.15, 0.2) is 11.6 Å². The maximum Gasteiger partial charge on any atom is 0.188 e. The first-order valence-electron chi connectivity index (χ1n) is 7.80. The van der Waals surface area contributed by atoms with Crippen molar-refractivity contribution in [3.63, 3.8) is 0 Å². The lowest BCUT2D eigenvalue weighted by Gasteiger charge is -2.06. The quantitative estimate of drug-likeness (QED) is 0.514. The minimum absolute atomic E-state index is 0.163. The summed E-state index contributed by atoms with van der Waals surface area (Å²) in [6, 6.07) is 14.9. The summed E-state index contributed by atoms with van der Waals surface area (Å²) < 4.78 is 2.03. The van der Waals surface area contributed by atoms with Gasteiger partial charge in [-0.05, 0) is 48.4 Å². The SMILES string of the molecule is Cc1ccnc(C(=O)CC(=O)c2cccc(Cn3cccc3)c2)c1. The molecule has 2 heterocycles. The first-order valence-corrected chi connectivity index (χ1v) is 7.80. The molecule has 0 radical (unpaired) electrons. The van der Waals surface area contributed by atoms with Crippen LogP contribution >= 0.6 is 0 Å². The van der Waals surface area contributed by atoms with Gasteiger partial charge in [0.2, 0.25) is 0 Å². The van der Waals surface area contributed by atoms with Crippen LogP contribution in [0.3, 0.4) is 0 Å². The van der Waals surface area contributed by atoms with Crippen molar-refractivity contribution in [2.75, 3.05) is 0 Å². The average Bonchev–Trinajstić information content (AvgIpc) is 3.08. The fraction of sp³-hybridized carbons (Fsp3) is 0.150. The van der Waals surface area contributed by atoms with Crippen LogP contribution in [0.2, 0.25) is 0 Å². The molecular formula is C20H18N2O2. The molecule has 4 nitrogen and oxygen atoms in total. The summed E-state index contributed by atoms with van der Waals surface area (Å²) >= 11 is 0. The molecule has 3 rings (SSSR count). The number of pyridine rings is 1. The van der Waals surface area contributed by atoms with Crippen LogP contribution in [0.5, 0.6) is 0 Å². The molecule has 0 bridgehead atoms. The van der Waals surface area contributed by atoms with Crippen LogP contribution in [0.25, 0.3) is 0 Å². The monoisotopic (exact) mass is 318 g/mol. The van der Waals surface area contributed by atoms with Gasteiger partial charge in [-0.2, -0.15) is 0 Å². The summed E-state index contributed by atoms with van der Waals surface area (Å²) in [6.45, 7) is 2.59. The van der Waals surface area contributed by atoms with Crippen molar-refractivity contribution >= 4 is 11.6 Å². The maximum absolute atomic E-state index is 12.4. The van der Waals surface area contributed by atoms with Gasteiger partial charge in [0, 0.05) is 30.7 Å². The Bertz CT molecular complexity index is 867. The van der Waals surface area contributed by atoms with Crippen LogP contribution in [0.4, 0.5) is 0 Å². The number of nitrogens with zero attached hydrogens (tertiary/aromatic N) is 2. The van der Waals surface area contributed by atoms with Gasteiger partial charge in [-0.15, -0.1) is 0 Å². The molecule has 0 N–H and O–H groups in total. The van der Waals surface area contributed by atoms with E-state index in [2.05, 4.69) is 4.98 Å². The van der Waals surface area contributed by atoms with Gasteiger partial charge >= 0.3 is 0 Å². The number of aromatic nitrogens is 2. The highest BCUT2D eigenvalue weighted by molar-refractivity contribution is 6.12. The Morgan fingerprint density at radius 2 is 1.79 bits per heavy atom. The van der Waals surface area contributed by atoms with E-state index in [1.807, 2.05) is 60.3 Å². The maximum atomic E-state index is 12.4. The second-order valence-corrected chi connectivity index (χ2v) is 5.80. The number of aryl methyl sites for hydroxylation is 1. The van der Waals surface area contributed by atoms with Crippen molar-refractivity contribution in [2.24, 2.45) is 0 Å². The highest BCUT2D eigenvalue weighted by atomic mass is 16.1. The van der Waals surface area contributed by atoms with Crippen LogP contribution in [-0.2, 0) is 6.54 Å². The molecular weight excluding hydrogens is 300 g/mol. The van der Waals surface area contributed by atoms with Crippen molar-refractivity contribution in [1.82, 2.24) is 9.55 Å². The summed E-state index contributed by atoms with van der Waals surface area (Å²) in [7, 11) is 0. The lowest BCUT2D eigenvalue weighted by atomic mass is 10.0.